The summed E-state index contributed by atoms with van der Waals surface area (Å²) in [5.74, 6) is 4.73. The highest BCUT2D eigenvalue weighted by Crippen LogP contribution is 2.42. The molecule has 0 saturated heterocycles. The molecule has 5 nitrogen and oxygen atoms in total. The zero-order valence-corrected chi connectivity index (χ0v) is 14.9. The van der Waals surface area contributed by atoms with Gasteiger partial charge in [-0.15, -0.1) is 12.8 Å². The van der Waals surface area contributed by atoms with Crippen molar-refractivity contribution in [1.29, 1.82) is 0 Å². The molecular weight excluding hydrogens is 344 g/mol. The molecule has 2 aromatic carbocycles. The van der Waals surface area contributed by atoms with Crippen LogP contribution < -0.4 is 14.2 Å². The molecule has 5 heteroatoms. The monoisotopic (exact) mass is 362 g/mol. The van der Waals surface area contributed by atoms with Crippen LogP contribution in [0.1, 0.15) is 22.3 Å². The van der Waals surface area contributed by atoms with Crippen LogP contribution in [0.3, 0.4) is 0 Å². The van der Waals surface area contributed by atoms with Crippen LogP contribution in [0.2, 0.25) is 0 Å². The van der Waals surface area contributed by atoms with Gasteiger partial charge in [-0.2, -0.15) is 0 Å². The number of terminal acetylenes is 2. The SMILES string of the molecule is C#CCOc1cc(C2(OCC#C)CC(=O)c3ccccc3O2)ccc1OC. The first-order valence-electron chi connectivity index (χ1n) is 8.27. The maximum atomic E-state index is 12.7. The second-order valence-electron chi connectivity index (χ2n) is 5.80. The molecule has 1 aliphatic heterocycles. The number of fused-ring (bicyclic) bond motifs is 1. The summed E-state index contributed by atoms with van der Waals surface area (Å²) in [6.07, 6.45) is 10.6. The summed E-state index contributed by atoms with van der Waals surface area (Å²) in [7, 11) is 1.53. The van der Waals surface area contributed by atoms with Crippen molar-refractivity contribution in [2.75, 3.05) is 20.3 Å². The lowest BCUT2D eigenvalue weighted by atomic mass is 9.92. The normalized spacial score (nSPS) is 17.8. The average Bonchev–Trinajstić information content (AvgIpc) is 2.70. The first kappa shape index (κ1) is 18.4. The number of carbonyl (C=O) groups excluding carboxylic acids is 1. The molecule has 1 unspecified atom stereocenters. The summed E-state index contributed by atoms with van der Waals surface area (Å²) in [5.41, 5.74) is 1.09. The second kappa shape index (κ2) is 7.86. The fourth-order valence-electron chi connectivity index (χ4n) is 2.94. The molecule has 27 heavy (non-hydrogen) atoms. The highest BCUT2D eigenvalue weighted by atomic mass is 16.7. The maximum absolute atomic E-state index is 12.7. The van der Waals surface area contributed by atoms with E-state index in [1.807, 2.05) is 0 Å². The number of methoxy groups -OCH3 is 1. The number of rotatable bonds is 6. The van der Waals surface area contributed by atoms with Gasteiger partial charge in [-0.1, -0.05) is 24.0 Å². The summed E-state index contributed by atoms with van der Waals surface area (Å²) in [5, 5.41) is 0. The average molecular weight is 362 g/mol. The van der Waals surface area contributed by atoms with Gasteiger partial charge in [0.05, 0.1) is 19.1 Å². The molecule has 0 spiro atoms. The van der Waals surface area contributed by atoms with Crippen LogP contribution in [0.15, 0.2) is 42.5 Å². The van der Waals surface area contributed by atoms with E-state index in [1.54, 1.807) is 42.5 Å². The molecule has 0 aromatic heterocycles. The number of Topliss-reactive ketones (excluding diaryl/α,β-unsaturated/α-hetero) is 1. The fourth-order valence-corrected chi connectivity index (χ4v) is 2.94. The number of hydrogen-bond donors (Lipinski definition) is 0. The van der Waals surface area contributed by atoms with Crippen molar-refractivity contribution in [1.82, 2.24) is 0 Å². The van der Waals surface area contributed by atoms with E-state index in [0.717, 1.165) is 0 Å². The van der Waals surface area contributed by atoms with Crippen molar-refractivity contribution in [2.45, 2.75) is 12.2 Å². The van der Waals surface area contributed by atoms with E-state index >= 15 is 0 Å². The molecule has 0 N–H and O–H groups in total. The number of hydrogen-bond acceptors (Lipinski definition) is 5. The van der Waals surface area contributed by atoms with Gasteiger partial charge in [0.15, 0.2) is 17.3 Å². The minimum absolute atomic E-state index is 0.0212. The smallest absolute Gasteiger partial charge is 0.245 e. The van der Waals surface area contributed by atoms with E-state index < -0.39 is 5.79 Å². The van der Waals surface area contributed by atoms with Gasteiger partial charge in [-0.05, 0) is 30.3 Å². The Morgan fingerprint density at radius 2 is 1.89 bits per heavy atom. The van der Waals surface area contributed by atoms with E-state index in [9.17, 15) is 4.79 Å². The van der Waals surface area contributed by atoms with Crippen molar-refractivity contribution in [3.63, 3.8) is 0 Å². The number of para-hydroxylation sites is 1. The highest BCUT2D eigenvalue weighted by Gasteiger charge is 2.43. The predicted octanol–water partition coefficient (Wildman–Crippen LogP) is 3.18. The first-order chi connectivity index (χ1) is 13.1. The van der Waals surface area contributed by atoms with Crippen LogP contribution in [-0.2, 0) is 10.5 Å². The van der Waals surface area contributed by atoms with Crippen molar-refractivity contribution in [2.24, 2.45) is 0 Å². The van der Waals surface area contributed by atoms with Crippen LogP contribution in [0.5, 0.6) is 17.2 Å². The largest absolute Gasteiger partial charge is 0.493 e. The second-order valence-corrected chi connectivity index (χ2v) is 5.80. The molecule has 0 fully saturated rings. The fraction of sp³-hybridized carbons (Fsp3) is 0.227. The number of benzene rings is 2. The third-order valence-corrected chi connectivity index (χ3v) is 4.16. The van der Waals surface area contributed by atoms with E-state index in [4.69, 9.17) is 31.8 Å². The molecular formula is C22H18O5. The summed E-state index contributed by atoms with van der Waals surface area (Å²) >= 11 is 0. The van der Waals surface area contributed by atoms with Crippen molar-refractivity contribution >= 4 is 5.78 Å². The Balaban J connectivity index is 2.07. The quantitative estimate of drug-likeness (QED) is 0.739. The van der Waals surface area contributed by atoms with E-state index in [2.05, 4.69) is 11.8 Å². The van der Waals surface area contributed by atoms with Gasteiger partial charge in [0, 0.05) is 5.56 Å². The van der Waals surface area contributed by atoms with E-state index in [-0.39, 0.29) is 25.4 Å². The van der Waals surface area contributed by atoms with Crippen molar-refractivity contribution < 1.29 is 23.7 Å². The third kappa shape index (κ3) is 3.60. The summed E-state index contributed by atoms with van der Waals surface area (Å²) < 4.78 is 22.8. The zero-order chi connectivity index (χ0) is 19.3. The van der Waals surface area contributed by atoms with Crippen LogP contribution in [0.4, 0.5) is 0 Å². The first-order valence-corrected chi connectivity index (χ1v) is 8.27. The van der Waals surface area contributed by atoms with Gasteiger partial charge >= 0.3 is 0 Å². The molecule has 2 aromatic rings. The zero-order valence-electron chi connectivity index (χ0n) is 14.9. The molecule has 0 amide bonds. The molecule has 1 atom stereocenters. The maximum Gasteiger partial charge on any atom is 0.245 e. The van der Waals surface area contributed by atoms with Gasteiger partial charge in [-0.25, -0.2) is 0 Å². The molecule has 1 aliphatic rings. The van der Waals surface area contributed by atoms with Crippen molar-refractivity contribution in [3.8, 4) is 41.9 Å². The van der Waals surface area contributed by atoms with Crippen LogP contribution in [0, 0.1) is 24.7 Å². The van der Waals surface area contributed by atoms with E-state index in [0.29, 0.717) is 28.4 Å². The minimum atomic E-state index is -1.36. The van der Waals surface area contributed by atoms with Gasteiger partial charge in [-0.3, -0.25) is 4.79 Å². The molecule has 0 saturated carbocycles. The van der Waals surface area contributed by atoms with Crippen LogP contribution in [-0.4, -0.2) is 26.1 Å². The minimum Gasteiger partial charge on any atom is -0.493 e. The standard InChI is InChI=1S/C22H18O5/c1-4-12-25-21-14-16(10-11-20(21)24-3)22(26-13-5-2)15-18(23)17-8-6-7-9-19(17)27-22/h1-2,6-11,14H,12-13,15H2,3H3. The molecule has 136 valence electrons. The molecule has 1 heterocycles. The highest BCUT2D eigenvalue weighted by molar-refractivity contribution is 6.00. The Labute approximate surface area is 158 Å². The Kier molecular flexibility index (Phi) is 5.35. The lowest BCUT2D eigenvalue weighted by molar-refractivity contribution is -0.184. The molecule has 0 aliphatic carbocycles. The van der Waals surface area contributed by atoms with Crippen molar-refractivity contribution in [3.05, 3.63) is 53.6 Å². The Morgan fingerprint density at radius 1 is 1.11 bits per heavy atom. The predicted molar refractivity (Wildman–Crippen MR) is 99.8 cm³/mol. The number of ether oxygens (including phenoxy) is 4. The van der Waals surface area contributed by atoms with Gasteiger partial charge in [0.1, 0.15) is 19.0 Å². The molecule has 0 bridgehead atoms. The summed E-state index contributed by atoms with van der Waals surface area (Å²) in [4.78, 5) is 12.7. The lowest BCUT2D eigenvalue weighted by Gasteiger charge is -2.37. The van der Waals surface area contributed by atoms with Gasteiger partial charge in [0.2, 0.25) is 5.79 Å². The molecule has 0 radical (unpaired) electrons. The number of carbonyl (C=O) groups is 1. The van der Waals surface area contributed by atoms with Gasteiger partial charge in [0.25, 0.3) is 0 Å². The Bertz CT molecular complexity index is 934. The van der Waals surface area contributed by atoms with Crippen LogP contribution >= 0.6 is 0 Å². The third-order valence-electron chi connectivity index (χ3n) is 4.16. The number of ketones is 1. The van der Waals surface area contributed by atoms with Crippen LogP contribution in [0.25, 0.3) is 0 Å². The Hall–Kier alpha value is -3.41. The van der Waals surface area contributed by atoms with Gasteiger partial charge < -0.3 is 18.9 Å². The van der Waals surface area contributed by atoms with E-state index in [1.165, 1.54) is 7.11 Å². The topological polar surface area (TPSA) is 54.0 Å². The summed E-state index contributed by atoms with van der Waals surface area (Å²) in [6.45, 7) is 0.0443. The lowest BCUT2D eigenvalue weighted by Crippen LogP contribution is -2.42. The summed E-state index contributed by atoms with van der Waals surface area (Å²) in [6, 6.07) is 12.2. The Morgan fingerprint density at radius 3 is 2.63 bits per heavy atom. The molecule has 3 rings (SSSR count).